The molecule has 0 aromatic rings. The van der Waals surface area contributed by atoms with Crippen molar-refractivity contribution in [2.24, 2.45) is 4.99 Å². The largest absolute Gasteiger partial charge is 0.290 e. The van der Waals surface area contributed by atoms with Crippen LogP contribution in [0.2, 0.25) is 0 Å². The highest BCUT2D eigenvalue weighted by molar-refractivity contribution is 5.60. The summed E-state index contributed by atoms with van der Waals surface area (Å²) < 4.78 is 0. The Morgan fingerprint density at radius 3 is 1.44 bits per heavy atom. The smallest absolute Gasteiger partial charge is 0.0520 e. The van der Waals surface area contributed by atoms with Gasteiger partial charge in [0.2, 0.25) is 0 Å². The Hall–Kier alpha value is -0.370. The van der Waals surface area contributed by atoms with Crippen molar-refractivity contribution in [3.05, 3.63) is 0 Å². The summed E-state index contributed by atoms with van der Waals surface area (Å²) in [6, 6.07) is 0. The average molecular weight is 226 g/mol. The predicted molar refractivity (Wildman–Crippen MR) is 74.5 cm³/mol. The maximum absolute atomic E-state index is 4.56. The van der Waals surface area contributed by atoms with E-state index in [1.54, 1.807) is 0 Å². The van der Waals surface area contributed by atoms with E-state index in [-0.39, 0.29) is 16.6 Å². The van der Waals surface area contributed by atoms with E-state index in [0.29, 0.717) is 0 Å². The van der Waals surface area contributed by atoms with Gasteiger partial charge in [-0.1, -0.05) is 0 Å². The van der Waals surface area contributed by atoms with Gasteiger partial charge in [-0.15, -0.1) is 0 Å². The first-order chi connectivity index (χ1) is 6.84. The standard InChI is InChI=1S/C14H30N2/c1-12(2,3)15-10-11-16(13(4,5)6)14(7,8)9/h10H,11H2,1-9H3. The monoisotopic (exact) mass is 226 g/mol. The summed E-state index contributed by atoms with van der Waals surface area (Å²) in [5.41, 5.74) is 0.367. The fourth-order valence-corrected chi connectivity index (χ4v) is 1.95. The minimum absolute atomic E-state index is 0.0292. The Morgan fingerprint density at radius 2 is 1.19 bits per heavy atom. The van der Waals surface area contributed by atoms with Crippen LogP contribution in [0.3, 0.4) is 0 Å². The molecule has 0 aliphatic heterocycles. The Labute approximate surface area is 102 Å². The lowest BCUT2D eigenvalue weighted by Crippen LogP contribution is -2.53. The molecular formula is C14H30N2. The van der Waals surface area contributed by atoms with Crippen molar-refractivity contribution in [2.45, 2.75) is 78.9 Å². The van der Waals surface area contributed by atoms with Crippen LogP contribution in [0.15, 0.2) is 4.99 Å². The molecule has 2 nitrogen and oxygen atoms in total. The van der Waals surface area contributed by atoms with Crippen molar-refractivity contribution in [2.75, 3.05) is 6.54 Å². The average Bonchev–Trinajstić information content (AvgIpc) is 1.90. The number of aliphatic imine (C=N–C) groups is 1. The van der Waals surface area contributed by atoms with Crippen LogP contribution in [0.5, 0.6) is 0 Å². The van der Waals surface area contributed by atoms with E-state index in [2.05, 4.69) is 78.4 Å². The van der Waals surface area contributed by atoms with Crippen LogP contribution in [0.1, 0.15) is 62.3 Å². The maximum atomic E-state index is 4.56. The first-order valence-corrected chi connectivity index (χ1v) is 6.15. The Balaban J connectivity index is 4.67. The lowest BCUT2D eigenvalue weighted by atomic mass is 9.96. The van der Waals surface area contributed by atoms with Crippen LogP contribution in [-0.2, 0) is 0 Å². The lowest BCUT2D eigenvalue weighted by Gasteiger charge is -2.44. The number of rotatable bonds is 2. The molecule has 0 aliphatic rings. The Kier molecular flexibility index (Phi) is 4.75. The van der Waals surface area contributed by atoms with E-state index in [4.69, 9.17) is 0 Å². The summed E-state index contributed by atoms with van der Waals surface area (Å²) in [6.45, 7) is 20.8. The first kappa shape index (κ1) is 15.6. The highest BCUT2D eigenvalue weighted by Crippen LogP contribution is 2.23. The van der Waals surface area contributed by atoms with E-state index in [9.17, 15) is 0 Å². The van der Waals surface area contributed by atoms with Crippen LogP contribution in [0.25, 0.3) is 0 Å². The molecule has 0 fully saturated rings. The lowest BCUT2D eigenvalue weighted by molar-refractivity contribution is 0.0576. The third-order valence-corrected chi connectivity index (χ3v) is 2.36. The number of hydrogen-bond donors (Lipinski definition) is 0. The molecule has 0 saturated heterocycles. The van der Waals surface area contributed by atoms with Gasteiger partial charge in [0.25, 0.3) is 0 Å². The van der Waals surface area contributed by atoms with Gasteiger partial charge in [-0.3, -0.25) is 9.89 Å². The van der Waals surface area contributed by atoms with Gasteiger partial charge in [-0.25, -0.2) is 0 Å². The molecule has 0 spiro atoms. The van der Waals surface area contributed by atoms with Gasteiger partial charge in [-0.05, 0) is 62.3 Å². The molecule has 0 aliphatic carbocycles. The van der Waals surface area contributed by atoms with Crippen molar-refractivity contribution in [1.82, 2.24) is 4.90 Å². The van der Waals surface area contributed by atoms with Gasteiger partial charge in [0.1, 0.15) is 0 Å². The van der Waals surface area contributed by atoms with Gasteiger partial charge in [0.15, 0.2) is 0 Å². The molecule has 0 bridgehead atoms. The summed E-state index contributed by atoms with van der Waals surface area (Å²) in [6.07, 6.45) is 2.05. The highest BCUT2D eigenvalue weighted by atomic mass is 15.2. The fraction of sp³-hybridized carbons (Fsp3) is 0.929. The SMILES string of the molecule is CC(C)(C)N=CCN(C(C)(C)C)C(C)(C)C. The summed E-state index contributed by atoms with van der Waals surface area (Å²) in [4.78, 5) is 7.02. The second-order valence-electron chi connectivity index (χ2n) is 7.43. The molecule has 0 unspecified atom stereocenters. The van der Waals surface area contributed by atoms with E-state index in [0.717, 1.165) is 6.54 Å². The maximum Gasteiger partial charge on any atom is 0.0520 e. The quantitative estimate of drug-likeness (QED) is 0.655. The molecule has 0 radical (unpaired) electrons. The van der Waals surface area contributed by atoms with Crippen molar-refractivity contribution < 1.29 is 0 Å². The van der Waals surface area contributed by atoms with E-state index in [1.807, 2.05) is 0 Å². The minimum atomic E-state index is 0.0292. The van der Waals surface area contributed by atoms with Crippen molar-refractivity contribution in [1.29, 1.82) is 0 Å². The summed E-state index contributed by atoms with van der Waals surface area (Å²) in [5.74, 6) is 0. The van der Waals surface area contributed by atoms with Crippen molar-refractivity contribution in [3.63, 3.8) is 0 Å². The molecule has 0 amide bonds. The molecule has 96 valence electrons. The zero-order valence-electron chi connectivity index (χ0n) is 12.7. The van der Waals surface area contributed by atoms with Crippen LogP contribution in [0.4, 0.5) is 0 Å². The molecule has 0 aromatic heterocycles. The third-order valence-electron chi connectivity index (χ3n) is 2.36. The molecule has 0 atom stereocenters. The van der Waals surface area contributed by atoms with Crippen LogP contribution < -0.4 is 0 Å². The molecule has 2 heteroatoms. The van der Waals surface area contributed by atoms with Gasteiger partial charge in [0.05, 0.1) is 5.54 Å². The van der Waals surface area contributed by atoms with Crippen molar-refractivity contribution >= 4 is 6.21 Å². The predicted octanol–water partition coefficient (Wildman–Crippen LogP) is 3.75. The van der Waals surface area contributed by atoms with Crippen LogP contribution in [0, 0.1) is 0 Å². The first-order valence-electron chi connectivity index (χ1n) is 6.15. The van der Waals surface area contributed by atoms with Gasteiger partial charge in [-0.2, -0.15) is 0 Å². The topological polar surface area (TPSA) is 15.6 Å². The van der Waals surface area contributed by atoms with Crippen LogP contribution >= 0.6 is 0 Å². The molecular weight excluding hydrogens is 196 g/mol. The van der Waals surface area contributed by atoms with Crippen molar-refractivity contribution in [3.8, 4) is 0 Å². The highest BCUT2D eigenvalue weighted by Gasteiger charge is 2.30. The third kappa shape index (κ3) is 6.26. The fourth-order valence-electron chi connectivity index (χ4n) is 1.95. The van der Waals surface area contributed by atoms with Gasteiger partial charge < -0.3 is 0 Å². The van der Waals surface area contributed by atoms with E-state index >= 15 is 0 Å². The molecule has 0 N–H and O–H groups in total. The van der Waals surface area contributed by atoms with Gasteiger partial charge >= 0.3 is 0 Å². The zero-order valence-corrected chi connectivity index (χ0v) is 12.7. The minimum Gasteiger partial charge on any atom is -0.290 e. The molecule has 0 saturated carbocycles. The van der Waals surface area contributed by atoms with E-state index < -0.39 is 0 Å². The summed E-state index contributed by atoms with van der Waals surface area (Å²) in [5, 5.41) is 0. The molecule has 0 rings (SSSR count). The number of hydrogen-bond acceptors (Lipinski definition) is 2. The normalized spacial score (nSPS) is 15.1. The summed E-state index contributed by atoms with van der Waals surface area (Å²) >= 11 is 0. The summed E-state index contributed by atoms with van der Waals surface area (Å²) in [7, 11) is 0. The number of nitrogens with zero attached hydrogens (tertiary/aromatic N) is 2. The second-order valence-corrected chi connectivity index (χ2v) is 7.43. The van der Waals surface area contributed by atoms with E-state index in [1.165, 1.54) is 0 Å². The molecule has 16 heavy (non-hydrogen) atoms. The van der Waals surface area contributed by atoms with Gasteiger partial charge in [0, 0.05) is 23.8 Å². The second kappa shape index (κ2) is 4.87. The Morgan fingerprint density at radius 1 is 0.812 bits per heavy atom. The molecule has 0 aromatic carbocycles. The Bertz CT molecular complexity index is 219. The zero-order chi connectivity index (χ0) is 13.2. The molecule has 0 heterocycles. The van der Waals surface area contributed by atoms with Crippen LogP contribution in [-0.4, -0.2) is 34.3 Å².